The van der Waals surface area contributed by atoms with Gasteiger partial charge in [-0.25, -0.2) is 13.1 Å². The van der Waals surface area contributed by atoms with Crippen LogP contribution >= 0.6 is 11.3 Å². The fraction of sp³-hybridized carbons (Fsp3) is 0.389. The van der Waals surface area contributed by atoms with E-state index in [0.29, 0.717) is 17.7 Å². The first-order valence-corrected chi connectivity index (χ1v) is 10.6. The van der Waals surface area contributed by atoms with Gasteiger partial charge in [0.15, 0.2) is 0 Å². The Morgan fingerprint density at radius 3 is 2.50 bits per heavy atom. The van der Waals surface area contributed by atoms with E-state index in [4.69, 9.17) is 4.74 Å². The SMILES string of the molecule is CCC(=O)Nc1ccc(S(=O)(=O)NC[C@H](OC)c2ccc(C)s2)c(C)c1. The number of thiophene rings is 1. The molecule has 8 heteroatoms. The van der Waals surface area contributed by atoms with Gasteiger partial charge < -0.3 is 10.1 Å². The Kier molecular flexibility index (Phi) is 6.94. The molecule has 0 fully saturated rings. The fourth-order valence-corrected chi connectivity index (χ4v) is 4.68. The van der Waals surface area contributed by atoms with Crippen LogP contribution in [-0.4, -0.2) is 28.0 Å². The lowest BCUT2D eigenvalue weighted by Crippen LogP contribution is -2.29. The van der Waals surface area contributed by atoms with Gasteiger partial charge in [-0.15, -0.1) is 11.3 Å². The average molecular weight is 397 g/mol. The smallest absolute Gasteiger partial charge is 0.240 e. The molecule has 1 aromatic carbocycles. The molecule has 0 bridgehead atoms. The Hall–Kier alpha value is -1.74. The highest BCUT2D eigenvalue weighted by molar-refractivity contribution is 7.89. The van der Waals surface area contributed by atoms with Crippen molar-refractivity contribution in [1.29, 1.82) is 0 Å². The number of sulfonamides is 1. The molecule has 1 heterocycles. The lowest BCUT2D eigenvalue weighted by atomic mass is 10.2. The lowest BCUT2D eigenvalue weighted by Gasteiger charge is -2.16. The monoisotopic (exact) mass is 396 g/mol. The van der Waals surface area contributed by atoms with Crippen LogP contribution in [0.15, 0.2) is 35.2 Å². The maximum absolute atomic E-state index is 12.6. The third kappa shape index (κ3) is 5.14. The summed E-state index contributed by atoms with van der Waals surface area (Å²) in [6.45, 7) is 5.60. The van der Waals surface area contributed by atoms with Gasteiger partial charge in [0.25, 0.3) is 0 Å². The Morgan fingerprint density at radius 2 is 1.96 bits per heavy atom. The number of ether oxygens (including phenoxy) is 1. The molecule has 2 rings (SSSR count). The maximum Gasteiger partial charge on any atom is 0.240 e. The standard InChI is InChI=1S/C18H24N2O4S2/c1-5-18(21)20-14-7-9-17(12(2)10-14)26(22,23)19-11-15(24-4)16-8-6-13(3)25-16/h6-10,15,19H,5,11H2,1-4H3,(H,20,21)/t15-/m0/s1. The van der Waals surface area contributed by atoms with Crippen LogP contribution in [0, 0.1) is 13.8 Å². The Balaban J connectivity index is 2.12. The van der Waals surface area contributed by atoms with Crippen LogP contribution in [0.25, 0.3) is 0 Å². The average Bonchev–Trinajstić information content (AvgIpc) is 3.01. The van der Waals surface area contributed by atoms with Crippen LogP contribution < -0.4 is 10.0 Å². The van der Waals surface area contributed by atoms with Gasteiger partial charge in [0.1, 0.15) is 6.10 Å². The number of carbonyl (C=O) groups is 1. The Labute approximate surface area is 158 Å². The number of carbonyl (C=O) groups excluding carboxylic acids is 1. The summed E-state index contributed by atoms with van der Waals surface area (Å²) in [5.74, 6) is -0.118. The van der Waals surface area contributed by atoms with E-state index < -0.39 is 10.0 Å². The second-order valence-corrected chi connectivity index (χ2v) is 8.96. The van der Waals surface area contributed by atoms with E-state index in [1.165, 1.54) is 6.07 Å². The van der Waals surface area contributed by atoms with Crippen molar-refractivity contribution in [3.63, 3.8) is 0 Å². The van der Waals surface area contributed by atoms with E-state index in [2.05, 4.69) is 10.0 Å². The van der Waals surface area contributed by atoms with Gasteiger partial charge >= 0.3 is 0 Å². The third-order valence-electron chi connectivity index (χ3n) is 3.89. The summed E-state index contributed by atoms with van der Waals surface area (Å²) in [5.41, 5.74) is 1.14. The molecule has 0 spiro atoms. The molecule has 2 aromatic rings. The third-order valence-corrected chi connectivity index (χ3v) is 6.57. The zero-order valence-electron chi connectivity index (χ0n) is 15.3. The minimum atomic E-state index is -3.69. The molecule has 142 valence electrons. The maximum atomic E-state index is 12.6. The van der Waals surface area contributed by atoms with E-state index in [1.54, 1.807) is 44.4 Å². The van der Waals surface area contributed by atoms with Crippen molar-refractivity contribution in [1.82, 2.24) is 4.72 Å². The molecule has 1 aromatic heterocycles. The molecular formula is C18H24N2O4S2. The summed E-state index contributed by atoms with van der Waals surface area (Å²) in [4.78, 5) is 13.8. The minimum absolute atomic E-state index is 0.118. The molecule has 1 amide bonds. The molecule has 0 saturated carbocycles. The molecule has 0 aliphatic heterocycles. The molecule has 2 N–H and O–H groups in total. The van der Waals surface area contributed by atoms with Gasteiger partial charge in [-0.3, -0.25) is 4.79 Å². The lowest BCUT2D eigenvalue weighted by molar-refractivity contribution is -0.115. The summed E-state index contributed by atoms with van der Waals surface area (Å²) >= 11 is 1.58. The summed E-state index contributed by atoms with van der Waals surface area (Å²) < 4.78 is 33.3. The van der Waals surface area contributed by atoms with Gasteiger partial charge in [0.05, 0.1) is 4.90 Å². The van der Waals surface area contributed by atoms with Gasteiger partial charge in [-0.1, -0.05) is 6.92 Å². The largest absolute Gasteiger partial charge is 0.375 e. The summed E-state index contributed by atoms with van der Waals surface area (Å²) in [7, 11) is -2.13. The number of anilines is 1. The zero-order valence-corrected chi connectivity index (χ0v) is 17.0. The molecular weight excluding hydrogens is 372 g/mol. The van der Waals surface area contributed by atoms with E-state index in [0.717, 1.165) is 9.75 Å². The zero-order chi connectivity index (χ0) is 19.3. The van der Waals surface area contributed by atoms with Crippen molar-refractivity contribution in [2.75, 3.05) is 19.0 Å². The molecule has 0 unspecified atom stereocenters. The molecule has 0 saturated heterocycles. The number of hydrogen-bond donors (Lipinski definition) is 2. The van der Waals surface area contributed by atoms with Crippen LogP contribution in [-0.2, 0) is 19.6 Å². The van der Waals surface area contributed by atoms with Crippen molar-refractivity contribution in [2.24, 2.45) is 0 Å². The highest BCUT2D eigenvalue weighted by Crippen LogP contribution is 2.25. The Morgan fingerprint density at radius 1 is 1.23 bits per heavy atom. The molecule has 1 atom stereocenters. The number of benzene rings is 1. The van der Waals surface area contributed by atoms with E-state index in [9.17, 15) is 13.2 Å². The van der Waals surface area contributed by atoms with Crippen molar-refractivity contribution in [2.45, 2.75) is 38.2 Å². The summed E-state index contributed by atoms with van der Waals surface area (Å²) in [5, 5.41) is 2.72. The Bertz CT molecular complexity index is 875. The molecule has 0 radical (unpaired) electrons. The van der Waals surface area contributed by atoms with Gasteiger partial charge in [0, 0.05) is 35.5 Å². The van der Waals surface area contributed by atoms with E-state index in [1.807, 2.05) is 19.1 Å². The number of amides is 1. The second kappa shape index (κ2) is 8.77. The minimum Gasteiger partial charge on any atom is -0.375 e. The molecule has 0 aliphatic rings. The van der Waals surface area contributed by atoms with Crippen molar-refractivity contribution >= 4 is 33.0 Å². The predicted octanol–water partition coefficient (Wildman–Crippen LogP) is 3.38. The topological polar surface area (TPSA) is 84.5 Å². The number of nitrogens with one attached hydrogen (secondary N) is 2. The molecule has 0 aliphatic carbocycles. The fourth-order valence-electron chi connectivity index (χ4n) is 2.47. The van der Waals surface area contributed by atoms with Crippen LogP contribution in [0.1, 0.15) is 34.8 Å². The summed E-state index contributed by atoms with van der Waals surface area (Å²) in [6, 6.07) is 8.66. The molecule has 26 heavy (non-hydrogen) atoms. The first-order chi connectivity index (χ1) is 12.3. The molecule has 6 nitrogen and oxygen atoms in total. The van der Waals surface area contributed by atoms with Gasteiger partial charge in [-0.2, -0.15) is 0 Å². The number of rotatable bonds is 8. The first kappa shape index (κ1) is 20.6. The van der Waals surface area contributed by atoms with Gasteiger partial charge in [-0.05, 0) is 49.7 Å². The highest BCUT2D eigenvalue weighted by Gasteiger charge is 2.21. The summed E-state index contributed by atoms with van der Waals surface area (Å²) in [6.07, 6.45) is 0.0215. The van der Waals surface area contributed by atoms with E-state index in [-0.39, 0.29) is 23.5 Å². The predicted molar refractivity (Wildman–Crippen MR) is 104 cm³/mol. The highest BCUT2D eigenvalue weighted by atomic mass is 32.2. The quantitative estimate of drug-likeness (QED) is 0.716. The van der Waals surface area contributed by atoms with Crippen LogP contribution in [0.5, 0.6) is 0 Å². The van der Waals surface area contributed by atoms with Gasteiger partial charge in [0.2, 0.25) is 15.9 Å². The van der Waals surface area contributed by atoms with Crippen LogP contribution in [0.3, 0.4) is 0 Å². The van der Waals surface area contributed by atoms with Crippen LogP contribution in [0.4, 0.5) is 5.69 Å². The number of methoxy groups -OCH3 is 1. The van der Waals surface area contributed by atoms with Crippen molar-refractivity contribution < 1.29 is 17.9 Å². The van der Waals surface area contributed by atoms with Crippen LogP contribution in [0.2, 0.25) is 0 Å². The normalized spacial score (nSPS) is 12.8. The second-order valence-electron chi connectivity index (χ2n) is 5.91. The number of aryl methyl sites for hydroxylation is 2. The number of hydrogen-bond acceptors (Lipinski definition) is 5. The van der Waals surface area contributed by atoms with Crippen molar-refractivity contribution in [3.8, 4) is 0 Å². The first-order valence-electron chi connectivity index (χ1n) is 8.26. The van der Waals surface area contributed by atoms with Crippen molar-refractivity contribution in [3.05, 3.63) is 45.6 Å². The van der Waals surface area contributed by atoms with E-state index >= 15 is 0 Å².